The van der Waals surface area contributed by atoms with Gasteiger partial charge in [0, 0.05) is 24.2 Å². The van der Waals surface area contributed by atoms with Crippen molar-refractivity contribution in [1.82, 2.24) is 9.13 Å². The second kappa shape index (κ2) is 8.23. The van der Waals surface area contributed by atoms with E-state index < -0.39 is 17.0 Å². The lowest BCUT2D eigenvalue weighted by atomic mass is 10.1. The van der Waals surface area contributed by atoms with Crippen molar-refractivity contribution < 1.29 is 4.79 Å². The summed E-state index contributed by atoms with van der Waals surface area (Å²) in [6.45, 7) is 0.904. The third kappa shape index (κ3) is 3.66. The summed E-state index contributed by atoms with van der Waals surface area (Å²) in [6, 6.07) is 17.2. The van der Waals surface area contributed by atoms with E-state index in [1.165, 1.54) is 11.6 Å². The van der Waals surface area contributed by atoms with Crippen LogP contribution in [-0.2, 0) is 13.6 Å². The molecule has 0 aliphatic carbocycles. The molecule has 4 rings (SSSR count). The fourth-order valence-corrected chi connectivity index (χ4v) is 4.66. The standard InChI is InChI=1S/C22H22N4O3S/c1-24-21(28)19(20(23)26(22(24)29)13-15-7-3-2-4-8-15)17(27)14-25-11-12-30-18-10-6-5-9-16(18)25/h2-10H,11-14,23H2,1H3. The van der Waals surface area contributed by atoms with Gasteiger partial charge in [0.2, 0.25) is 0 Å². The second-order valence-corrected chi connectivity index (χ2v) is 8.28. The van der Waals surface area contributed by atoms with Crippen molar-refractivity contribution in [3.8, 4) is 0 Å². The first-order valence-corrected chi connectivity index (χ1v) is 10.6. The average Bonchev–Trinajstić information content (AvgIpc) is 2.76. The number of ketones is 1. The van der Waals surface area contributed by atoms with Crippen molar-refractivity contribution in [2.45, 2.75) is 11.4 Å². The first kappa shape index (κ1) is 20.0. The van der Waals surface area contributed by atoms with Crippen molar-refractivity contribution in [1.29, 1.82) is 0 Å². The minimum Gasteiger partial charge on any atom is -0.384 e. The first-order valence-electron chi connectivity index (χ1n) is 9.60. The van der Waals surface area contributed by atoms with Gasteiger partial charge in [-0.25, -0.2) is 4.79 Å². The van der Waals surface area contributed by atoms with Crippen LogP contribution in [0.1, 0.15) is 15.9 Å². The molecule has 0 fully saturated rings. The summed E-state index contributed by atoms with van der Waals surface area (Å²) in [6.07, 6.45) is 0. The maximum Gasteiger partial charge on any atom is 0.332 e. The summed E-state index contributed by atoms with van der Waals surface area (Å²) >= 11 is 1.74. The number of benzene rings is 2. The van der Waals surface area contributed by atoms with Gasteiger partial charge in [-0.15, -0.1) is 11.8 Å². The molecule has 0 unspecified atom stereocenters. The maximum absolute atomic E-state index is 13.2. The van der Waals surface area contributed by atoms with E-state index >= 15 is 0 Å². The third-order valence-corrected chi connectivity index (χ3v) is 6.25. The van der Waals surface area contributed by atoms with E-state index in [4.69, 9.17) is 5.73 Å². The molecule has 0 saturated carbocycles. The van der Waals surface area contributed by atoms with Gasteiger partial charge in [-0.2, -0.15) is 0 Å². The van der Waals surface area contributed by atoms with Crippen LogP contribution in [0, 0.1) is 0 Å². The molecule has 0 bridgehead atoms. The molecule has 30 heavy (non-hydrogen) atoms. The highest BCUT2D eigenvalue weighted by molar-refractivity contribution is 7.99. The molecule has 0 atom stereocenters. The molecule has 154 valence electrons. The lowest BCUT2D eigenvalue weighted by molar-refractivity contribution is 0.0997. The highest BCUT2D eigenvalue weighted by Gasteiger charge is 2.25. The molecule has 8 heteroatoms. The summed E-state index contributed by atoms with van der Waals surface area (Å²) in [5.41, 5.74) is 6.69. The van der Waals surface area contributed by atoms with Gasteiger partial charge >= 0.3 is 5.69 Å². The van der Waals surface area contributed by atoms with Gasteiger partial charge in [0.15, 0.2) is 5.78 Å². The first-order chi connectivity index (χ1) is 14.5. The number of nitrogens with zero attached hydrogens (tertiary/aromatic N) is 3. The van der Waals surface area contributed by atoms with E-state index in [2.05, 4.69) is 0 Å². The zero-order valence-electron chi connectivity index (χ0n) is 16.6. The molecule has 1 aromatic heterocycles. The number of carbonyl (C=O) groups is 1. The highest BCUT2D eigenvalue weighted by Crippen LogP contribution is 2.34. The Morgan fingerprint density at radius 3 is 2.53 bits per heavy atom. The van der Waals surface area contributed by atoms with Crippen LogP contribution in [0.25, 0.3) is 0 Å². The molecule has 3 aromatic rings. The Labute approximate surface area is 177 Å². The molecule has 0 radical (unpaired) electrons. The summed E-state index contributed by atoms with van der Waals surface area (Å²) in [5, 5.41) is 0. The number of para-hydroxylation sites is 1. The van der Waals surface area contributed by atoms with Gasteiger partial charge < -0.3 is 10.6 Å². The van der Waals surface area contributed by atoms with E-state index in [-0.39, 0.29) is 24.5 Å². The number of hydrogen-bond acceptors (Lipinski definition) is 6. The van der Waals surface area contributed by atoms with E-state index in [1.807, 2.05) is 59.5 Å². The van der Waals surface area contributed by atoms with Gasteiger partial charge in [-0.05, 0) is 17.7 Å². The topological polar surface area (TPSA) is 90.3 Å². The summed E-state index contributed by atoms with van der Waals surface area (Å²) in [5.74, 6) is 0.374. The number of fused-ring (bicyclic) bond motifs is 1. The predicted molar refractivity (Wildman–Crippen MR) is 120 cm³/mol. The highest BCUT2D eigenvalue weighted by atomic mass is 32.2. The molecular formula is C22H22N4O3S. The number of thioether (sulfide) groups is 1. The lowest BCUT2D eigenvalue weighted by Gasteiger charge is -2.30. The second-order valence-electron chi connectivity index (χ2n) is 7.14. The third-order valence-electron chi connectivity index (χ3n) is 5.20. The van der Waals surface area contributed by atoms with E-state index in [9.17, 15) is 14.4 Å². The van der Waals surface area contributed by atoms with E-state index in [0.29, 0.717) is 6.54 Å². The fraction of sp³-hybridized carbons (Fsp3) is 0.227. The van der Waals surface area contributed by atoms with Gasteiger partial charge in [0.1, 0.15) is 11.4 Å². The molecule has 7 nitrogen and oxygen atoms in total. The number of nitrogen functional groups attached to an aromatic ring is 1. The van der Waals surface area contributed by atoms with Gasteiger partial charge in [-0.3, -0.25) is 18.7 Å². The molecule has 2 N–H and O–H groups in total. The Kier molecular flexibility index (Phi) is 5.50. The molecule has 2 aromatic carbocycles. The molecule has 0 amide bonds. The summed E-state index contributed by atoms with van der Waals surface area (Å²) in [4.78, 5) is 41.7. The zero-order chi connectivity index (χ0) is 21.3. The van der Waals surface area contributed by atoms with Crippen LogP contribution in [0.4, 0.5) is 11.5 Å². The maximum atomic E-state index is 13.2. The molecule has 0 spiro atoms. The number of anilines is 2. The zero-order valence-corrected chi connectivity index (χ0v) is 17.4. The van der Waals surface area contributed by atoms with Crippen molar-refractivity contribution >= 4 is 29.1 Å². The minimum atomic E-state index is -0.661. The largest absolute Gasteiger partial charge is 0.384 e. The molecule has 0 saturated heterocycles. The van der Waals surface area contributed by atoms with Crippen molar-refractivity contribution in [3.05, 3.63) is 86.6 Å². The van der Waals surface area contributed by atoms with Crippen LogP contribution in [0.2, 0.25) is 0 Å². The van der Waals surface area contributed by atoms with Crippen molar-refractivity contribution in [2.75, 3.05) is 29.5 Å². The van der Waals surface area contributed by atoms with Crippen LogP contribution < -0.4 is 21.9 Å². The number of Topliss-reactive ketones (excluding diaryl/α,β-unsaturated/α-hetero) is 1. The molecule has 1 aliphatic rings. The van der Waals surface area contributed by atoms with Gasteiger partial charge in [0.25, 0.3) is 5.56 Å². The number of nitrogens with two attached hydrogens (primary N) is 1. The minimum absolute atomic E-state index is 0.0283. The van der Waals surface area contributed by atoms with Crippen LogP contribution in [0.15, 0.2) is 69.1 Å². The SMILES string of the molecule is Cn1c(=O)c(C(=O)CN2CCSc3ccccc32)c(N)n(Cc2ccccc2)c1=O. The summed E-state index contributed by atoms with van der Waals surface area (Å²) in [7, 11) is 1.37. The lowest BCUT2D eigenvalue weighted by Crippen LogP contribution is -2.44. The number of hydrogen-bond donors (Lipinski definition) is 1. The quantitative estimate of drug-likeness (QED) is 0.633. The van der Waals surface area contributed by atoms with Crippen LogP contribution in [0.3, 0.4) is 0 Å². The average molecular weight is 423 g/mol. The monoisotopic (exact) mass is 422 g/mol. The number of rotatable bonds is 5. The normalized spacial score (nSPS) is 13.2. The number of carbonyl (C=O) groups excluding carboxylic acids is 1. The van der Waals surface area contributed by atoms with Crippen molar-refractivity contribution in [2.24, 2.45) is 7.05 Å². The fourth-order valence-electron chi connectivity index (χ4n) is 3.61. The van der Waals surface area contributed by atoms with Crippen LogP contribution in [-0.4, -0.2) is 33.8 Å². The van der Waals surface area contributed by atoms with Crippen molar-refractivity contribution in [3.63, 3.8) is 0 Å². The predicted octanol–water partition coefficient (Wildman–Crippen LogP) is 1.97. The van der Waals surface area contributed by atoms with Crippen LogP contribution in [0.5, 0.6) is 0 Å². The van der Waals surface area contributed by atoms with E-state index in [0.717, 1.165) is 26.5 Å². The van der Waals surface area contributed by atoms with Gasteiger partial charge in [0.05, 0.1) is 18.8 Å². The Morgan fingerprint density at radius 1 is 1.07 bits per heavy atom. The van der Waals surface area contributed by atoms with Gasteiger partial charge in [-0.1, -0.05) is 42.5 Å². The Bertz CT molecular complexity index is 1220. The Balaban J connectivity index is 1.71. The van der Waals surface area contributed by atoms with E-state index in [1.54, 1.807) is 11.8 Å². The Morgan fingerprint density at radius 2 is 1.77 bits per heavy atom. The number of aromatic nitrogens is 2. The Hall–Kier alpha value is -3.26. The molecular weight excluding hydrogens is 400 g/mol. The van der Waals surface area contributed by atoms with Crippen LogP contribution >= 0.6 is 11.8 Å². The molecule has 1 aliphatic heterocycles. The smallest absolute Gasteiger partial charge is 0.332 e. The summed E-state index contributed by atoms with van der Waals surface area (Å²) < 4.78 is 2.23. The molecule has 2 heterocycles.